The summed E-state index contributed by atoms with van der Waals surface area (Å²) in [4.78, 5) is 25.2. The number of hydrogen-bond donors (Lipinski definition) is 4. The van der Waals surface area contributed by atoms with Crippen LogP contribution in [-0.4, -0.2) is 96.0 Å². The summed E-state index contributed by atoms with van der Waals surface area (Å²) in [5.41, 5.74) is 0. The van der Waals surface area contributed by atoms with Crippen molar-refractivity contribution in [3.8, 4) is 0 Å². The molecule has 0 amide bonds. The van der Waals surface area contributed by atoms with Gasteiger partial charge in [0.15, 0.2) is 12.4 Å². The summed E-state index contributed by atoms with van der Waals surface area (Å²) in [6.07, 6.45) is 30.0. The number of hydrogen-bond acceptors (Lipinski definition) is 11. The summed E-state index contributed by atoms with van der Waals surface area (Å²) < 4.78 is 53.8. The standard InChI is InChI=1S/C43H72O12S/c1-3-5-7-9-11-13-14-15-16-17-18-19-20-21-22-24-26-28-30-32-39(45)54-36(33-52-38(44)31-29-27-25-23-12-10-8-6-4-2)34-53-43-42(48)41(47)40(46)37(55-43)35-56(49,50)51/h5,7,11,13,15-16,18-19,21-22,36-37,40-43,46-48H,3-4,6,8-10,12,14,17,20,23-35H2,1-2H3,(H,49,50,51)/b7-5-,13-11-,16-15-,19-18-,22-21-. The maximum atomic E-state index is 12.8. The van der Waals surface area contributed by atoms with Gasteiger partial charge in [-0.3, -0.25) is 14.1 Å². The van der Waals surface area contributed by atoms with Gasteiger partial charge < -0.3 is 34.3 Å². The van der Waals surface area contributed by atoms with E-state index in [4.69, 9.17) is 18.9 Å². The van der Waals surface area contributed by atoms with Crippen molar-refractivity contribution >= 4 is 22.1 Å². The molecule has 1 fully saturated rings. The minimum atomic E-state index is -4.60. The van der Waals surface area contributed by atoms with Crippen LogP contribution in [0.25, 0.3) is 0 Å². The third-order valence-corrected chi connectivity index (χ3v) is 9.86. The van der Waals surface area contributed by atoms with Crippen molar-refractivity contribution in [2.24, 2.45) is 0 Å². The Bertz CT molecular complexity index is 1280. The second kappa shape index (κ2) is 33.3. The van der Waals surface area contributed by atoms with Gasteiger partial charge in [0.1, 0.15) is 36.8 Å². The van der Waals surface area contributed by atoms with E-state index in [1.54, 1.807) is 0 Å². The number of ether oxygens (including phenoxy) is 4. The van der Waals surface area contributed by atoms with E-state index in [9.17, 15) is 37.9 Å². The topological polar surface area (TPSA) is 186 Å². The number of aliphatic hydroxyl groups excluding tert-OH is 3. The molecule has 1 heterocycles. The molecule has 56 heavy (non-hydrogen) atoms. The fourth-order valence-electron chi connectivity index (χ4n) is 5.88. The highest BCUT2D eigenvalue weighted by Gasteiger charge is 2.46. The van der Waals surface area contributed by atoms with Gasteiger partial charge in [-0.15, -0.1) is 0 Å². The molecule has 0 bridgehead atoms. The van der Waals surface area contributed by atoms with Crippen LogP contribution in [0.3, 0.4) is 0 Å². The molecule has 0 saturated carbocycles. The van der Waals surface area contributed by atoms with Gasteiger partial charge in [-0.1, -0.05) is 132 Å². The lowest BCUT2D eigenvalue weighted by atomic mass is 10.00. The first kappa shape index (κ1) is 51.4. The molecule has 4 N–H and O–H groups in total. The summed E-state index contributed by atoms with van der Waals surface area (Å²) in [7, 11) is -4.60. The van der Waals surface area contributed by atoms with Gasteiger partial charge in [-0.05, 0) is 57.8 Å². The normalized spacial score (nSPS) is 21.3. The Balaban J connectivity index is 2.50. The predicted octanol–water partition coefficient (Wildman–Crippen LogP) is 7.78. The van der Waals surface area contributed by atoms with E-state index in [1.165, 1.54) is 32.1 Å². The van der Waals surface area contributed by atoms with Gasteiger partial charge in [-0.25, -0.2) is 0 Å². The van der Waals surface area contributed by atoms with Crippen LogP contribution in [0.15, 0.2) is 60.8 Å². The molecule has 6 unspecified atom stereocenters. The van der Waals surface area contributed by atoms with Gasteiger partial charge in [-0.2, -0.15) is 8.42 Å². The minimum Gasteiger partial charge on any atom is -0.462 e. The molecule has 0 aromatic heterocycles. The van der Waals surface area contributed by atoms with E-state index in [-0.39, 0.29) is 19.4 Å². The SMILES string of the molecule is CC/C=C\C/C=C\C/C=C\C/C=C\C/C=C\CCCCCC(=O)OC(COC(=O)CCCCCCCCCCC)COC1OC(CS(=O)(=O)O)C(O)C(O)C1O. The minimum absolute atomic E-state index is 0.123. The van der Waals surface area contributed by atoms with Crippen LogP contribution >= 0.6 is 0 Å². The molecule has 6 atom stereocenters. The molecule has 0 radical (unpaired) electrons. The molecule has 1 saturated heterocycles. The van der Waals surface area contributed by atoms with E-state index in [2.05, 4.69) is 74.6 Å². The zero-order chi connectivity index (χ0) is 41.3. The summed E-state index contributed by atoms with van der Waals surface area (Å²) in [5, 5.41) is 30.8. The van der Waals surface area contributed by atoms with Gasteiger partial charge in [0, 0.05) is 12.8 Å². The molecular weight excluding hydrogens is 741 g/mol. The maximum absolute atomic E-state index is 12.8. The monoisotopic (exact) mass is 812 g/mol. The second-order valence-corrected chi connectivity index (χ2v) is 15.8. The Labute approximate surface area is 336 Å². The Hall–Kier alpha value is -2.65. The average Bonchev–Trinajstić information content (AvgIpc) is 3.16. The first-order valence-electron chi connectivity index (χ1n) is 20.8. The number of carbonyl (C=O) groups excluding carboxylic acids is 2. The predicted molar refractivity (Wildman–Crippen MR) is 219 cm³/mol. The fourth-order valence-corrected chi connectivity index (χ4v) is 6.57. The Kier molecular flexibility index (Phi) is 30.6. The van der Waals surface area contributed by atoms with E-state index in [1.807, 2.05) is 0 Å². The van der Waals surface area contributed by atoms with E-state index in [0.29, 0.717) is 12.8 Å². The highest BCUT2D eigenvalue weighted by Crippen LogP contribution is 2.24. The third kappa shape index (κ3) is 27.9. The number of aliphatic hydroxyl groups is 3. The lowest BCUT2D eigenvalue weighted by molar-refractivity contribution is -0.297. The van der Waals surface area contributed by atoms with Crippen LogP contribution in [0.2, 0.25) is 0 Å². The fraction of sp³-hybridized carbons (Fsp3) is 0.721. The first-order valence-corrected chi connectivity index (χ1v) is 22.5. The van der Waals surface area contributed by atoms with Gasteiger partial charge in [0.25, 0.3) is 10.1 Å². The zero-order valence-electron chi connectivity index (χ0n) is 34.0. The van der Waals surface area contributed by atoms with Crippen LogP contribution in [0, 0.1) is 0 Å². The van der Waals surface area contributed by atoms with E-state index in [0.717, 1.165) is 70.6 Å². The lowest BCUT2D eigenvalue weighted by Gasteiger charge is -2.40. The van der Waals surface area contributed by atoms with Crippen molar-refractivity contribution in [3.63, 3.8) is 0 Å². The van der Waals surface area contributed by atoms with E-state index < -0.39 is 71.2 Å². The molecule has 0 aromatic carbocycles. The first-order chi connectivity index (χ1) is 27.0. The van der Waals surface area contributed by atoms with Crippen LogP contribution < -0.4 is 0 Å². The van der Waals surface area contributed by atoms with Crippen LogP contribution in [-0.2, 0) is 38.7 Å². The van der Waals surface area contributed by atoms with Crippen LogP contribution in [0.1, 0.15) is 142 Å². The van der Waals surface area contributed by atoms with Crippen molar-refractivity contribution in [2.45, 2.75) is 179 Å². The quantitative estimate of drug-likeness (QED) is 0.0219. The molecule has 0 aromatic rings. The molecule has 1 rings (SSSR count). The average molecular weight is 813 g/mol. The smallest absolute Gasteiger partial charge is 0.306 e. The molecule has 1 aliphatic rings. The molecule has 1 aliphatic heterocycles. The number of rotatable bonds is 33. The summed E-state index contributed by atoms with van der Waals surface area (Å²) >= 11 is 0. The van der Waals surface area contributed by atoms with Crippen molar-refractivity contribution < 1.29 is 56.8 Å². The van der Waals surface area contributed by atoms with Gasteiger partial charge in [0.05, 0.1) is 6.61 Å². The van der Waals surface area contributed by atoms with Crippen LogP contribution in [0.5, 0.6) is 0 Å². The Morgan fingerprint density at radius 2 is 1.12 bits per heavy atom. The molecule has 322 valence electrons. The molecule has 13 heteroatoms. The number of unbranched alkanes of at least 4 members (excludes halogenated alkanes) is 11. The van der Waals surface area contributed by atoms with Crippen molar-refractivity contribution in [1.29, 1.82) is 0 Å². The van der Waals surface area contributed by atoms with Crippen molar-refractivity contribution in [1.82, 2.24) is 0 Å². The van der Waals surface area contributed by atoms with Gasteiger partial charge >= 0.3 is 11.9 Å². The summed E-state index contributed by atoms with van der Waals surface area (Å²) in [6, 6.07) is 0. The van der Waals surface area contributed by atoms with Crippen LogP contribution in [0.4, 0.5) is 0 Å². The summed E-state index contributed by atoms with van der Waals surface area (Å²) in [5.74, 6) is -2.04. The number of carbonyl (C=O) groups is 2. The molecular formula is C43H72O12S. The van der Waals surface area contributed by atoms with Crippen molar-refractivity contribution in [3.05, 3.63) is 60.8 Å². The Morgan fingerprint density at radius 1 is 0.625 bits per heavy atom. The number of esters is 2. The van der Waals surface area contributed by atoms with E-state index >= 15 is 0 Å². The molecule has 0 aliphatic carbocycles. The second-order valence-electron chi connectivity index (χ2n) is 14.3. The maximum Gasteiger partial charge on any atom is 0.306 e. The number of allylic oxidation sites excluding steroid dienone is 10. The van der Waals surface area contributed by atoms with Gasteiger partial charge in [0.2, 0.25) is 0 Å². The highest BCUT2D eigenvalue weighted by atomic mass is 32.2. The lowest BCUT2D eigenvalue weighted by Crippen LogP contribution is -2.60. The zero-order valence-corrected chi connectivity index (χ0v) is 34.8. The summed E-state index contributed by atoms with van der Waals surface area (Å²) in [6.45, 7) is 3.57. The largest absolute Gasteiger partial charge is 0.462 e. The molecule has 0 spiro atoms. The highest BCUT2D eigenvalue weighted by molar-refractivity contribution is 7.85. The Morgan fingerprint density at radius 3 is 1.68 bits per heavy atom. The molecule has 12 nitrogen and oxygen atoms in total. The van der Waals surface area contributed by atoms with Crippen molar-refractivity contribution in [2.75, 3.05) is 19.0 Å². The third-order valence-electron chi connectivity index (χ3n) is 9.11.